The Hall–Kier alpha value is -0.610. The predicted octanol–water partition coefficient (Wildman–Crippen LogP) is 2.75. The maximum absolute atomic E-state index is 13.6. The quantitative estimate of drug-likeness (QED) is 0.865. The lowest BCUT2D eigenvalue weighted by molar-refractivity contribution is 0.477. The molecule has 0 aromatic heterocycles. The largest absolute Gasteiger partial charge is 0.379 e. The fraction of sp³-hybridized carbons (Fsp3) is 0.455. The van der Waals surface area contributed by atoms with Crippen molar-refractivity contribution in [2.24, 2.45) is 0 Å². The van der Waals surface area contributed by atoms with Gasteiger partial charge in [-0.1, -0.05) is 6.07 Å². The molecule has 2 N–H and O–H groups in total. The molecule has 1 heterocycles. The Kier molecular flexibility index (Phi) is 3.59. The first-order valence-corrected chi connectivity index (χ1v) is 5.98. The maximum Gasteiger partial charge on any atom is 0.160 e. The monoisotopic (exact) mass is 272 g/mol. The summed E-state index contributed by atoms with van der Waals surface area (Å²) >= 11 is 3.18. The van der Waals surface area contributed by atoms with Crippen LogP contribution in [0.4, 0.5) is 10.1 Å². The van der Waals surface area contributed by atoms with E-state index in [0.29, 0.717) is 16.2 Å². The van der Waals surface area contributed by atoms with Crippen LogP contribution in [0.15, 0.2) is 22.7 Å². The van der Waals surface area contributed by atoms with Crippen LogP contribution in [0.2, 0.25) is 0 Å². The van der Waals surface area contributed by atoms with Crippen LogP contribution in [-0.2, 0) is 0 Å². The van der Waals surface area contributed by atoms with Gasteiger partial charge >= 0.3 is 0 Å². The summed E-state index contributed by atoms with van der Waals surface area (Å²) in [4.78, 5) is 0. The van der Waals surface area contributed by atoms with Crippen molar-refractivity contribution in [3.63, 3.8) is 0 Å². The van der Waals surface area contributed by atoms with Gasteiger partial charge in [-0.25, -0.2) is 4.39 Å². The highest BCUT2D eigenvalue weighted by molar-refractivity contribution is 9.10. The molecule has 1 aromatic carbocycles. The molecule has 0 aliphatic carbocycles. The van der Waals surface area contributed by atoms with Gasteiger partial charge in [0, 0.05) is 12.6 Å². The number of nitrogens with one attached hydrogen (secondary N) is 2. The highest BCUT2D eigenvalue weighted by Gasteiger charge is 2.14. The van der Waals surface area contributed by atoms with Crippen molar-refractivity contribution in [1.82, 2.24) is 5.32 Å². The first kappa shape index (κ1) is 10.9. The summed E-state index contributed by atoms with van der Waals surface area (Å²) in [6.07, 6.45) is 2.24. The third kappa shape index (κ3) is 2.69. The average molecular weight is 273 g/mol. The van der Waals surface area contributed by atoms with Crippen LogP contribution < -0.4 is 10.6 Å². The summed E-state index contributed by atoms with van der Waals surface area (Å²) in [7, 11) is 0. The van der Waals surface area contributed by atoms with Crippen molar-refractivity contribution < 1.29 is 4.39 Å². The molecule has 82 valence electrons. The molecule has 1 aliphatic rings. The summed E-state index contributed by atoms with van der Waals surface area (Å²) in [6, 6.07) is 5.66. The van der Waals surface area contributed by atoms with Gasteiger partial charge in [0.15, 0.2) is 5.82 Å². The summed E-state index contributed by atoms with van der Waals surface area (Å²) in [6.45, 7) is 1.98. The van der Waals surface area contributed by atoms with Gasteiger partial charge in [-0.3, -0.25) is 0 Å². The molecule has 0 radical (unpaired) electrons. The fourth-order valence-electron chi connectivity index (χ4n) is 1.81. The van der Waals surface area contributed by atoms with Crippen molar-refractivity contribution >= 4 is 21.6 Å². The minimum absolute atomic E-state index is 0.205. The van der Waals surface area contributed by atoms with Gasteiger partial charge in [0.25, 0.3) is 0 Å². The number of benzene rings is 1. The Morgan fingerprint density at radius 3 is 3.07 bits per heavy atom. The molecule has 1 aromatic rings. The molecule has 1 atom stereocenters. The number of hydrogen-bond acceptors (Lipinski definition) is 2. The van der Waals surface area contributed by atoms with Crippen molar-refractivity contribution in [2.45, 2.75) is 18.9 Å². The lowest BCUT2D eigenvalue weighted by atomic mass is 10.1. The van der Waals surface area contributed by atoms with E-state index >= 15 is 0 Å². The maximum atomic E-state index is 13.6. The Labute approximate surface area is 97.4 Å². The third-order valence-electron chi connectivity index (χ3n) is 2.61. The molecule has 0 spiro atoms. The zero-order chi connectivity index (χ0) is 10.7. The van der Waals surface area contributed by atoms with E-state index in [2.05, 4.69) is 26.6 Å². The average Bonchev–Trinajstić information content (AvgIpc) is 2.26. The highest BCUT2D eigenvalue weighted by atomic mass is 79.9. The van der Waals surface area contributed by atoms with Crippen LogP contribution in [-0.4, -0.2) is 19.1 Å². The fourth-order valence-corrected chi connectivity index (χ4v) is 2.18. The first-order chi connectivity index (χ1) is 7.27. The zero-order valence-corrected chi connectivity index (χ0v) is 9.98. The summed E-state index contributed by atoms with van der Waals surface area (Å²) in [5.41, 5.74) is 0.582. The molecule has 0 amide bonds. The number of halogens is 2. The lowest BCUT2D eigenvalue weighted by Gasteiger charge is -2.25. The molecule has 1 saturated heterocycles. The molecule has 0 saturated carbocycles. The van der Waals surface area contributed by atoms with Gasteiger partial charge in [0.2, 0.25) is 0 Å². The third-order valence-corrected chi connectivity index (χ3v) is 3.22. The van der Waals surface area contributed by atoms with Gasteiger partial charge in [0.05, 0.1) is 10.2 Å². The Bertz CT molecular complexity index is 337. The van der Waals surface area contributed by atoms with Crippen LogP contribution in [0.1, 0.15) is 12.8 Å². The second kappa shape index (κ2) is 4.94. The minimum atomic E-state index is -0.205. The van der Waals surface area contributed by atoms with Crippen molar-refractivity contribution in [3.8, 4) is 0 Å². The number of rotatable bonds is 2. The van der Waals surface area contributed by atoms with Gasteiger partial charge in [-0.05, 0) is 47.4 Å². The van der Waals surface area contributed by atoms with Crippen LogP contribution >= 0.6 is 15.9 Å². The van der Waals surface area contributed by atoms with E-state index in [1.54, 1.807) is 12.1 Å². The van der Waals surface area contributed by atoms with Crippen molar-refractivity contribution in [3.05, 3.63) is 28.5 Å². The SMILES string of the molecule is Fc1c(Br)cccc1NC1CCCNC1. The molecular weight excluding hydrogens is 259 g/mol. The van der Waals surface area contributed by atoms with Crippen LogP contribution in [0.3, 0.4) is 0 Å². The molecule has 2 rings (SSSR count). The molecule has 15 heavy (non-hydrogen) atoms. The zero-order valence-electron chi connectivity index (χ0n) is 8.39. The van der Waals surface area contributed by atoms with Gasteiger partial charge in [0.1, 0.15) is 0 Å². The summed E-state index contributed by atoms with van der Waals surface area (Å²) < 4.78 is 14.1. The predicted molar refractivity (Wildman–Crippen MR) is 63.6 cm³/mol. The molecular formula is C11H14BrFN2. The van der Waals surface area contributed by atoms with Crippen molar-refractivity contribution in [1.29, 1.82) is 0 Å². The number of hydrogen-bond donors (Lipinski definition) is 2. The normalized spacial score (nSPS) is 21.3. The first-order valence-electron chi connectivity index (χ1n) is 5.18. The van der Waals surface area contributed by atoms with E-state index < -0.39 is 0 Å². The molecule has 0 bridgehead atoms. The van der Waals surface area contributed by atoms with Crippen LogP contribution in [0.25, 0.3) is 0 Å². The van der Waals surface area contributed by atoms with E-state index in [1.165, 1.54) is 0 Å². The smallest absolute Gasteiger partial charge is 0.160 e. The van der Waals surface area contributed by atoms with Gasteiger partial charge < -0.3 is 10.6 Å². The molecule has 4 heteroatoms. The molecule has 1 fully saturated rings. The Morgan fingerprint density at radius 1 is 1.47 bits per heavy atom. The van der Waals surface area contributed by atoms with Crippen LogP contribution in [0, 0.1) is 5.82 Å². The Morgan fingerprint density at radius 2 is 2.33 bits per heavy atom. The molecule has 1 aliphatic heterocycles. The van der Waals surface area contributed by atoms with E-state index in [-0.39, 0.29) is 5.82 Å². The second-order valence-electron chi connectivity index (χ2n) is 3.79. The topological polar surface area (TPSA) is 24.1 Å². The van der Waals surface area contributed by atoms with E-state index in [0.717, 1.165) is 25.9 Å². The second-order valence-corrected chi connectivity index (χ2v) is 4.64. The lowest BCUT2D eigenvalue weighted by Crippen LogP contribution is -2.38. The molecule has 2 nitrogen and oxygen atoms in total. The van der Waals surface area contributed by atoms with Crippen molar-refractivity contribution in [2.75, 3.05) is 18.4 Å². The van der Waals surface area contributed by atoms with E-state index in [4.69, 9.17) is 0 Å². The van der Waals surface area contributed by atoms with E-state index in [1.807, 2.05) is 6.07 Å². The highest BCUT2D eigenvalue weighted by Crippen LogP contribution is 2.23. The van der Waals surface area contributed by atoms with E-state index in [9.17, 15) is 4.39 Å². The Balaban J connectivity index is 2.06. The van der Waals surface area contributed by atoms with Gasteiger partial charge in [-0.2, -0.15) is 0 Å². The molecule has 1 unspecified atom stereocenters. The standard InChI is InChI=1S/C11H14BrFN2/c12-9-4-1-5-10(11(9)13)15-8-3-2-6-14-7-8/h1,4-5,8,14-15H,2-3,6-7H2. The summed E-state index contributed by atoms with van der Waals surface area (Å²) in [5.74, 6) is -0.205. The number of piperidine rings is 1. The summed E-state index contributed by atoms with van der Waals surface area (Å²) in [5, 5.41) is 6.51. The van der Waals surface area contributed by atoms with Crippen LogP contribution in [0.5, 0.6) is 0 Å². The number of anilines is 1. The minimum Gasteiger partial charge on any atom is -0.379 e. The van der Waals surface area contributed by atoms with Gasteiger partial charge in [-0.15, -0.1) is 0 Å².